The van der Waals surface area contributed by atoms with E-state index in [4.69, 9.17) is 0 Å². The van der Waals surface area contributed by atoms with Crippen molar-refractivity contribution < 1.29 is 9.59 Å². The van der Waals surface area contributed by atoms with Gasteiger partial charge in [-0.2, -0.15) is 0 Å². The van der Waals surface area contributed by atoms with E-state index < -0.39 is 0 Å². The smallest absolute Gasteiger partial charge is 0.324 e. The van der Waals surface area contributed by atoms with Crippen LogP contribution < -0.4 is 4.90 Å². The Bertz CT molecular complexity index is 650. The molecule has 6 nitrogen and oxygen atoms in total. The number of piperazine rings is 1. The molecule has 0 N–H and O–H groups in total. The summed E-state index contributed by atoms with van der Waals surface area (Å²) in [7, 11) is 3.97. The van der Waals surface area contributed by atoms with Crippen molar-refractivity contribution in [3.8, 4) is 0 Å². The van der Waals surface area contributed by atoms with Crippen LogP contribution in [0.3, 0.4) is 0 Å². The molecule has 3 rings (SSSR count). The molecule has 0 bridgehead atoms. The molecule has 2 aliphatic rings. The maximum Gasteiger partial charge on any atom is 0.324 e. The molecule has 1 atom stereocenters. The Hall–Kier alpha value is -2.08. The first-order valence-corrected chi connectivity index (χ1v) is 9.53. The van der Waals surface area contributed by atoms with E-state index in [9.17, 15) is 9.59 Å². The molecular weight excluding hydrogens is 328 g/mol. The van der Waals surface area contributed by atoms with Crippen LogP contribution in [-0.2, 0) is 4.79 Å². The molecule has 2 fully saturated rings. The van der Waals surface area contributed by atoms with Crippen LogP contribution in [0, 0.1) is 0 Å². The minimum Gasteiger partial charge on any atom is -0.343 e. The Morgan fingerprint density at radius 3 is 2.58 bits per heavy atom. The maximum atomic E-state index is 13.1. The van der Waals surface area contributed by atoms with Gasteiger partial charge in [-0.1, -0.05) is 18.2 Å². The maximum absolute atomic E-state index is 13.1. The molecule has 0 saturated carbocycles. The Morgan fingerprint density at radius 2 is 1.88 bits per heavy atom. The molecule has 0 aromatic heterocycles. The summed E-state index contributed by atoms with van der Waals surface area (Å²) >= 11 is 0. The lowest BCUT2D eigenvalue weighted by atomic mass is 9.86. The molecule has 6 heteroatoms. The molecule has 0 radical (unpaired) electrons. The normalized spacial score (nSPS) is 24.7. The van der Waals surface area contributed by atoms with Crippen LogP contribution in [0.1, 0.15) is 26.2 Å². The number of para-hydroxylation sites is 1. The minimum absolute atomic E-state index is 0.0339. The lowest BCUT2D eigenvalue weighted by Gasteiger charge is -2.49. The summed E-state index contributed by atoms with van der Waals surface area (Å²) in [6.45, 7) is 5.82. The van der Waals surface area contributed by atoms with Gasteiger partial charge >= 0.3 is 6.03 Å². The molecule has 2 saturated heterocycles. The molecule has 2 aliphatic heterocycles. The van der Waals surface area contributed by atoms with Gasteiger partial charge in [-0.15, -0.1) is 0 Å². The van der Waals surface area contributed by atoms with E-state index in [1.165, 1.54) is 0 Å². The van der Waals surface area contributed by atoms with Crippen molar-refractivity contribution in [3.05, 3.63) is 30.3 Å². The molecule has 0 aliphatic carbocycles. The first-order chi connectivity index (χ1) is 12.5. The lowest BCUT2D eigenvalue weighted by Crippen LogP contribution is -2.63. The zero-order valence-electron chi connectivity index (χ0n) is 16.1. The Kier molecular flexibility index (Phi) is 5.51. The summed E-state index contributed by atoms with van der Waals surface area (Å²) in [5.74, 6) is 0.239. The Labute approximate surface area is 156 Å². The summed E-state index contributed by atoms with van der Waals surface area (Å²) in [6, 6.07) is 9.78. The zero-order chi connectivity index (χ0) is 18.7. The largest absolute Gasteiger partial charge is 0.343 e. The van der Waals surface area contributed by atoms with Gasteiger partial charge in [-0.25, -0.2) is 4.79 Å². The van der Waals surface area contributed by atoms with E-state index in [0.29, 0.717) is 13.0 Å². The van der Waals surface area contributed by atoms with Gasteiger partial charge < -0.3 is 9.80 Å². The van der Waals surface area contributed by atoms with Crippen LogP contribution in [0.2, 0.25) is 0 Å². The molecule has 26 heavy (non-hydrogen) atoms. The summed E-state index contributed by atoms with van der Waals surface area (Å²) < 4.78 is 0. The predicted molar refractivity (Wildman–Crippen MR) is 103 cm³/mol. The third-order valence-electron chi connectivity index (χ3n) is 6.09. The second-order valence-corrected chi connectivity index (χ2v) is 7.47. The number of anilines is 1. The number of urea groups is 1. The van der Waals surface area contributed by atoms with Crippen LogP contribution in [-0.4, -0.2) is 79.0 Å². The van der Waals surface area contributed by atoms with E-state index in [0.717, 1.165) is 44.7 Å². The van der Waals surface area contributed by atoms with Gasteiger partial charge in [0.1, 0.15) is 0 Å². The number of nitrogens with zero attached hydrogens (tertiary/aromatic N) is 4. The molecule has 1 aromatic carbocycles. The summed E-state index contributed by atoms with van der Waals surface area (Å²) in [4.78, 5) is 33.4. The predicted octanol–water partition coefficient (Wildman–Crippen LogP) is 2.26. The molecule has 1 unspecified atom stereocenters. The standard InChI is InChI=1S/C20H30N4O2/c1-4-23-13-12-20(11-10-18(23)25)16-24(15-14-21(20)2)19(26)22(3)17-8-6-5-7-9-17/h5-9H,4,10-16H2,1-3H3. The third-order valence-corrected chi connectivity index (χ3v) is 6.09. The van der Waals surface area contributed by atoms with Crippen molar-refractivity contribution in [3.63, 3.8) is 0 Å². The van der Waals surface area contributed by atoms with Crippen LogP contribution in [0.5, 0.6) is 0 Å². The van der Waals surface area contributed by atoms with Crippen molar-refractivity contribution in [2.75, 3.05) is 51.7 Å². The number of benzene rings is 1. The number of carbonyl (C=O) groups excluding carboxylic acids is 2. The fourth-order valence-corrected chi connectivity index (χ4v) is 4.17. The van der Waals surface area contributed by atoms with Gasteiger partial charge in [-0.05, 0) is 38.9 Å². The van der Waals surface area contributed by atoms with Gasteiger partial charge in [0.05, 0.1) is 0 Å². The van der Waals surface area contributed by atoms with Crippen LogP contribution >= 0.6 is 0 Å². The summed E-state index contributed by atoms with van der Waals surface area (Å²) in [5, 5.41) is 0. The average molecular weight is 358 g/mol. The van der Waals surface area contributed by atoms with Crippen LogP contribution in [0.25, 0.3) is 0 Å². The highest BCUT2D eigenvalue weighted by Crippen LogP contribution is 2.32. The first kappa shape index (κ1) is 18.7. The number of hydrogen-bond donors (Lipinski definition) is 0. The lowest BCUT2D eigenvalue weighted by molar-refractivity contribution is -0.130. The number of rotatable bonds is 2. The third kappa shape index (κ3) is 3.56. The molecule has 3 amide bonds. The number of carbonyl (C=O) groups is 2. The second kappa shape index (κ2) is 7.66. The number of likely N-dealkylation sites (tertiary alicyclic amines) is 1. The quantitative estimate of drug-likeness (QED) is 0.815. The fourth-order valence-electron chi connectivity index (χ4n) is 4.17. The molecule has 1 aromatic rings. The Morgan fingerprint density at radius 1 is 1.15 bits per heavy atom. The topological polar surface area (TPSA) is 47.1 Å². The van der Waals surface area contributed by atoms with Gasteiger partial charge in [0.2, 0.25) is 5.91 Å². The van der Waals surface area contributed by atoms with E-state index >= 15 is 0 Å². The van der Waals surface area contributed by atoms with Crippen LogP contribution in [0.4, 0.5) is 10.5 Å². The highest BCUT2D eigenvalue weighted by Gasteiger charge is 2.43. The van der Waals surface area contributed by atoms with E-state index in [2.05, 4.69) is 11.9 Å². The monoisotopic (exact) mass is 358 g/mol. The SMILES string of the molecule is CCN1CCC2(CCC1=O)CN(C(=O)N(C)c1ccccc1)CCN2C. The molecule has 1 spiro atoms. The van der Waals surface area contributed by atoms with Crippen molar-refractivity contribution in [1.82, 2.24) is 14.7 Å². The first-order valence-electron chi connectivity index (χ1n) is 9.53. The second-order valence-electron chi connectivity index (χ2n) is 7.47. The van der Waals surface area contributed by atoms with Crippen molar-refractivity contribution in [1.29, 1.82) is 0 Å². The van der Waals surface area contributed by atoms with Crippen molar-refractivity contribution in [2.24, 2.45) is 0 Å². The van der Waals surface area contributed by atoms with E-state index in [-0.39, 0.29) is 17.5 Å². The number of likely N-dealkylation sites (N-methyl/N-ethyl adjacent to an activating group) is 1. The number of amides is 3. The van der Waals surface area contributed by atoms with E-state index in [1.807, 2.05) is 54.1 Å². The fraction of sp³-hybridized carbons (Fsp3) is 0.600. The highest BCUT2D eigenvalue weighted by molar-refractivity contribution is 5.91. The van der Waals surface area contributed by atoms with Gasteiger partial charge in [0, 0.05) is 57.4 Å². The van der Waals surface area contributed by atoms with Crippen molar-refractivity contribution >= 4 is 17.6 Å². The summed E-state index contributed by atoms with van der Waals surface area (Å²) in [5.41, 5.74) is 0.795. The zero-order valence-corrected chi connectivity index (χ0v) is 16.1. The number of hydrogen-bond acceptors (Lipinski definition) is 3. The molecule has 142 valence electrons. The van der Waals surface area contributed by atoms with Gasteiger partial charge in [0.25, 0.3) is 0 Å². The highest BCUT2D eigenvalue weighted by atomic mass is 16.2. The average Bonchev–Trinajstić information content (AvgIpc) is 2.83. The Balaban J connectivity index is 1.75. The van der Waals surface area contributed by atoms with Gasteiger partial charge in [0.15, 0.2) is 0 Å². The summed E-state index contributed by atoms with van der Waals surface area (Å²) in [6.07, 6.45) is 2.30. The van der Waals surface area contributed by atoms with Crippen molar-refractivity contribution in [2.45, 2.75) is 31.7 Å². The van der Waals surface area contributed by atoms with Gasteiger partial charge in [-0.3, -0.25) is 14.6 Å². The van der Waals surface area contributed by atoms with E-state index in [1.54, 1.807) is 4.90 Å². The van der Waals surface area contributed by atoms with Crippen LogP contribution in [0.15, 0.2) is 30.3 Å². The minimum atomic E-state index is -0.106. The molecular formula is C20H30N4O2. The molecule has 2 heterocycles.